The second-order valence-electron chi connectivity index (χ2n) is 7.78. The molecule has 2 unspecified atom stereocenters. The number of carbonyl (C=O) groups excluding carboxylic acids is 2. The van der Waals surface area contributed by atoms with Gasteiger partial charge in [-0.1, -0.05) is 30.3 Å². The van der Waals surface area contributed by atoms with Crippen molar-refractivity contribution in [1.82, 2.24) is 9.47 Å². The molecule has 0 aliphatic carbocycles. The summed E-state index contributed by atoms with van der Waals surface area (Å²) in [5, 5.41) is 4.41. The molecule has 1 aromatic heterocycles. The lowest BCUT2D eigenvalue weighted by atomic mass is 10.1. The zero-order valence-electron chi connectivity index (χ0n) is 17.8. The summed E-state index contributed by atoms with van der Waals surface area (Å²) in [6.07, 6.45) is 6.08. The van der Waals surface area contributed by atoms with E-state index in [1.54, 1.807) is 10.3 Å². The Hall–Kier alpha value is -3.45. The summed E-state index contributed by atoms with van der Waals surface area (Å²) in [6, 6.07) is 19.1. The standard InChI is InChI=1S/C25H25N3O3S/c1-19(29)26-22-8-4-21(5-9-22)17-28(24-12-15-32(31)18-24)25(30)16-20-6-10-23(11-7-20)27-13-2-3-14-27/h2-15,24H,16-18H2,1H3,(H,26,29). The van der Waals surface area contributed by atoms with Gasteiger partial charge in [-0.25, -0.2) is 0 Å². The number of nitrogens with one attached hydrogen (secondary N) is 1. The minimum atomic E-state index is -1.05. The molecule has 164 valence electrons. The van der Waals surface area contributed by atoms with Gasteiger partial charge >= 0.3 is 0 Å². The van der Waals surface area contributed by atoms with Gasteiger partial charge in [-0.15, -0.1) is 0 Å². The van der Waals surface area contributed by atoms with Crippen molar-refractivity contribution in [2.45, 2.75) is 25.9 Å². The van der Waals surface area contributed by atoms with E-state index in [9.17, 15) is 13.8 Å². The van der Waals surface area contributed by atoms with Crippen LogP contribution in [0.5, 0.6) is 0 Å². The van der Waals surface area contributed by atoms with Crippen molar-refractivity contribution in [3.63, 3.8) is 0 Å². The molecule has 4 rings (SSSR count). The van der Waals surface area contributed by atoms with Crippen molar-refractivity contribution < 1.29 is 13.8 Å². The SMILES string of the molecule is CC(=O)Nc1ccc(CN(C(=O)Cc2ccc(-n3cccc3)cc2)C2C=CS(=O)C2)cc1. The number of carbonyl (C=O) groups is 2. The number of aromatic nitrogens is 1. The number of amides is 2. The van der Waals surface area contributed by atoms with Crippen molar-refractivity contribution in [3.05, 3.63) is 95.7 Å². The minimum absolute atomic E-state index is 0.0156. The van der Waals surface area contributed by atoms with Gasteiger partial charge in [-0.2, -0.15) is 0 Å². The van der Waals surface area contributed by atoms with E-state index < -0.39 is 10.8 Å². The third kappa shape index (κ3) is 5.42. The van der Waals surface area contributed by atoms with Crippen molar-refractivity contribution in [1.29, 1.82) is 0 Å². The summed E-state index contributed by atoms with van der Waals surface area (Å²) in [5.41, 5.74) is 3.63. The van der Waals surface area contributed by atoms with Crippen LogP contribution in [0.4, 0.5) is 5.69 Å². The Balaban J connectivity index is 1.48. The largest absolute Gasteiger partial charge is 0.331 e. The predicted molar refractivity (Wildman–Crippen MR) is 127 cm³/mol. The Morgan fingerprint density at radius 3 is 2.28 bits per heavy atom. The zero-order valence-corrected chi connectivity index (χ0v) is 18.6. The van der Waals surface area contributed by atoms with E-state index in [1.807, 2.05) is 83.7 Å². The molecular weight excluding hydrogens is 422 g/mol. The number of hydrogen-bond donors (Lipinski definition) is 1. The van der Waals surface area contributed by atoms with Crippen LogP contribution in [0.1, 0.15) is 18.1 Å². The lowest BCUT2D eigenvalue weighted by Crippen LogP contribution is -2.40. The lowest BCUT2D eigenvalue weighted by molar-refractivity contribution is -0.132. The van der Waals surface area contributed by atoms with Crippen molar-refractivity contribution in [3.8, 4) is 5.69 Å². The third-order valence-electron chi connectivity index (χ3n) is 5.33. The lowest BCUT2D eigenvalue weighted by Gasteiger charge is -2.28. The molecule has 2 heterocycles. The highest BCUT2D eigenvalue weighted by atomic mass is 32.2. The number of nitrogens with zero attached hydrogens (tertiary/aromatic N) is 2. The molecule has 3 aromatic rings. The van der Waals surface area contributed by atoms with Crippen LogP contribution in [0, 0.1) is 0 Å². The molecule has 2 amide bonds. The summed E-state index contributed by atoms with van der Waals surface area (Å²) >= 11 is 0. The molecule has 1 aliphatic rings. The molecule has 7 heteroatoms. The quantitative estimate of drug-likeness (QED) is 0.601. The monoisotopic (exact) mass is 447 g/mol. The van der Waals surface area contributed by atoms with E-state index in [2.05, 4.69) is 5.32 Å². The van der Waals surface area contributed by atoms with Crippen LogP contribution in [0.25, 0.3) is 5.69 Å². The molecule has 1 N–H and O–H groups in total. The smallest absolute Gasteiger partial charge is 0.227 e. The number of benzene rings is 2. The first-order valence-electron chi connectivity index (χ1n) is 10.4. The summed E-state index contributed by atoms with van der Waals surface area (Å²) in [6.45, 7) is 1.87. The zero-order chi connectivity index (χ0) is 22.5. The van der Waals surface area contributed by atoms with Gasteiger partial charge < -0.3 is 14.8 Å². The number of anilines is 1. The Morgan fingerprint density at radius 2 is 1.69 bits per heavy atom. The number of rotatable bonds is 7. The molecule has 0 radical (unpaired) electrons. The second-order valence-corrected chi connectivity index (χ2v) is 9.14. The molecule has 2 atom stereocenters. The molecule has 2 aromatic carbocycles. The van der Waals surface area contributed by atoms with Crippen LogP contribution in [0.15, 0.2) is 84.5 Å². The molecule has 6 nitrogen and oxygen atoms in total. The van der Waals surface area contributed by atoms with Crippen LogP contribution < -0.4 is 5.32 Å². The summed E-state index contributed by atoms with van der Waals surface area (Å²) < 4.78 is 13.9. The van der Waals surface area contributed by atoms with E-state index in [-0.39, 0.29) is 24.3 Å². The van der Waals surface area contributed by atoms with Crippen LogP contribution >= 0.6 is 0 Å². The van der Waals surface area contributed by atoms with E-state index in [0.29, 0.717) is 18.0 Å². The predicted octanol–water partition coefficient (Wildman–Crippen LogP) is 3.65. The van der Waals surface area contributed by atoms with Crippen molar-refractivity contribution in [2.24, 2.45) is 0 Å². The van der Waals surface area contributed by atoms with Gasteiger partial charge in [-0.05, 0) is 47.5 Å². The third-order valence-corrected chi connectivity index (χ3v) is 6.46. The van der Waals surface area contributed by atoms with E-state index in [4.69, 9.17) is 0 Å². The van der Waals surface area contributed by atoms with Gasteiger partial charge in [0.05, 0.1) is 18.2 Å². The van der Waals surface area contributed by atoms with Gasteiger partial charge in [0.1, 0.15) is 0 Å². The normalized spacial score (nSPS) is 17.3. The number of hydrogen-bond acceptors (Lipinski definition) is 3. The maximum atomic E-state index is 13.3. The Bertz CT molecular complexity index is 1140. The Morgan fingerprint density at radius 1 is 1.03 bits per heavy atom. The molecule has 0 saturated heterocycles. The summed E-state index contributed by atoms with van der Waals surface area (Å²) in [7, 11) is -1.05. The van der Waals surface area contributed by atoms with Crippen LogP contribution in [0.3, 0.4) is 0 Å². The average Bonchev–Trinajstić information content (AvgIpc) is 3.45. The van der Waals surface area contributed by atoms with Crippen LogP contribution in [-0.4, -0.2) is 37.3 Å². The van der Waals surface area contributed by atoms with E-state index in [0.717, 1.165) is 16.8 Å². The highest BCUT2D eigenvalue weighted by Gasteiger charge is 2.26. The maximum Gasteiger partial charge on any atom is 0.227 e. The summed E-state index contributed by atoms with van der Waals surface area (Å²) in [4.78, 5) is 26.3. The minimum Gasteiger partial charge on any atom is -0.331 e. The molecule has 32 heavy (non-hydrogen) atoms. The van der Waals surface area contributed by atoms with Crippen LogP contribution in [0.2, 0.25) is 0 Å². The fourth-order valence-electron chi connectivity index (χ4n) is 3.70. The highest BCUT2D eigenvalue weighted by Crippen LogP contribution is 2.19. The van der Waals surface area contributed by atoms with Crippen molar-refractivity contribution >= 4 is 28.3 Å². The molecular formula is C25H25N3O3S. The molecule has 0 saturated carbocycles. The average molecular weight is 448 g/mol. The fraction of sp³-hybridized carbons (Fsp3) is 0.200. The molecule has 1 aliphatic heterocycles. The molecule has 0 spiro atoms. The van der Waals surface area contributed by atoms with E-state index >= 15 is 0 Å². The fourth-order valence-corrected chi connectivity index (χ4v) is 4.80. The van der Waals surface area contributed by atoms with Gasteiger partial charge in [-0.3, -0.25) is 13.8 Å². The first kappa shape index (κ1) is 21.8. The van der Waals surface area contributed by atoms with E-state index in [1.165, 1.54) is 6.92 Å². The molecule has 0 fully saturated rings. The second kappa shape index (κ2) is 9.78. The van der Waals surface area contributed by atoms with Gasteiger partial charge in [0.25, 0.3) is 0 Å². The van der Waals surface area contributed by atoms with Crippen LogP contribution in [-0.2, 0) is 33.4 Å². The summed E-state index contributed by atoms with van der Waals surface area (Å²) in [5.74, 6) is 0.275. The Kier molecular flexibility index (Phi) is 6.66. The topological polar surface area (TPSA) is 71.4 Å². The van der Waals surface area contributed by atoms with Crippen molar-refractivity contribution in [2.75, 3.05) is 11.1 Å². The first-order valence-corrected chi connectivity index (χ1v) is 11.8. The van der Waals surface area contributed by atoms with Gasteiger partial charge in [0.15, 0.2) is 0 Å². The van der Waals surface area contributed by atoms with Gasteiger partial charge in [0, 0.05) is 53.4 Å². The van der Waals surface area contributed by atoms with Gasteiger partial charge in [0.2, 0.25) is 11.8 Å². The highest BCUT2D eigenvalue weighted by molar-refractivity contribution is 7.88. The maximum absolute atomic E-state index is 13.3. The Labute approximate surface area is 190 Å². The molecule has 0 bridgehead atoms. The first-order chi connectivity index (χ1) is 15.5.